The van der Waals surface area contributed by atoms with Gasteiger partial charge in [0.05, 0.1) is 5.56 Å². The molecule has 0 amide bonds. The van der Waals surface area contributed by atoms with Crippen molar-refractivity contribution in [3.8, 4) is 0 Å². The van der Waals surface area contributed by atoms with Gasteiger partial charge >= 0.3 is 0 Å². The molecule has 0 unspecified atom stereocenters. The molecule has 0 radical (unpaired) electrons. The second-order valence-electron chi connectivity index (χ2n) is 3.16. The van der Waals surface area contributed by atoms with E-state index in [2.05, 4.69) is 27.7 Å². The first-order chi connectivity index (χ1) is 5.79. The third kappa shape index (κ3) is 1.68. The highest BCUT2D eigenvalue weighted by Crippen LogP contribution is 2.30. The molecule has 0 atom stereocenters. The average Bonchev–Trinajstić information content (AvgIpc) is 2.76. The lowest BCUT2D eigenvalue weighted by molar-refractivity contribution is 0.112. The van der Waals surface area contributed by atoms with Crippen LogP contribution in [0, 0.1) is 9.62 Å². The van der Waals surface area contributed by atoms with E-state index in [0.717, 1.165) is 22.4 Å². The molecule has 0 spiro atoms. The number of rotatable bonds is 3. The first kappa shape index (κ1) is 8.22. The highest BCUT2D eigenvalue weighted by atomic mass is 127. The van der Waals surface area contributed by atoms with Gasteiger partial charge in [0, 0.05) is 12.7 Å². The number of halogens is 1. The van der Waals surface area contributed by atoms with E-state index in [1.807, 2.05) is 10.9 Å². The number of nitrogens with zero attached hydrogens (tertiary/aromatic N) is 2. The molecule has 0 saturated heterocycles. The topological polar surface area (TPSA) is 34.9 Å². The summed E-state index contributed by atoms with van der Waals surface area (Å²) in [6.45, 7) is 0.976. The van der Waals surface area contributed by atoms with Gasteiger partial charge in [-0.25, -0.2) is 0 Å². The smallest absolute Gasteiger partial charge is 0.154 e. The fourth-order valence-corrected chi connectivity index (χ4v) is 1.69. The minimum Gasteiger partial charge on any atom is -0.298 e. The first-order valence-electron chi connectivity index (χ1n) is 3.97. The summed E-state index contributed by atoms with van der Waals surface area (Å²) >= 11 is 2.09. The molecule has 1 aromatic heterocycles. The number of carbonyl (C=O) groups excluding carboxylic acids is 1. The molecule has 3 nitrogen and oxygen atoms in total. The van der Waals surface area contributed by atoms with Gasteiger partial charge in [0.15, 0.2) is 6.29 Å². The molecule has 0 bridgehead atoms. The fraction of sp³-hybridized carbons (Fsp3) is 0.500. The van der Waals surface area contributed by atoms with Crippen LogP contribution < -0.4 is 0 Å². The van der Waals surface area contributed by atoms with Crippen molar-refractivity contribution in [2.75, 3.05) is 0 Å². The Labute approximate surface area is 84.3 Å². The summed E-state index contributed by atoms with van der Waals surface area (Å²) in [7, 11) is 0. The van der Waals surface area contributed by atoms with Crippen LogP contribution in [0.2, 0.25) is 0 Å². The normalized spacial score (nSPS) is 16.4. The second-order valence-corrected chi connectivity index (χ2v) is 4.18. The molecule has 4 heteroatoms. The Morgan fingerprint density at radius 2 is 2.50 bits per heavy atom. The highest BCUT2D eigenvalue weighted by molar-refractivity contribution is 14.1. The molecular formula is C8H9IN2O. The van der Waals surface area contributed by atoms with Gasteiger partial charge < -0.3 is 0 Å². The minimum atomic E-state index is 0.705. The van der Waals surface area contributed by atoms with Crippen molar-refractivity contribution in [2.24, 2.45) is 5.92 Å². The summed E-state index contributed by atoms with van der Waals surface area (Å²) in [6, 6.07) is 0. The molecule has 1 fully saturated rings. The van der Waals surface area contributed by atoms with E-state index >= 15 is 0 Å². The molecule has 2 rings (SSSR count). The van der Waals surface area contributed by atoms with Crippen LogP contribution in [0.5, 0.6) is 0 Å². The van der Waals surface area contributed by atoms with Crippen LogP contribution in [0.3, 0.4) is 0 Å². The zero-order valence-electron chi connectivity index (χ0n) is 6.53. The van der Waals surface area contributed by atoms with Crippen molar-refractivity contribution in [3.05, 3.63) is 15.5 Å². The Balaban J connectivity index is 2.15. The monoisotopic (exact) mass is 276 g/mol. The van der Waals surface area contributed by atoms with E-state index < -0.39 is 0 Å². The van der Waals surface area contributed by atoms with Crippen LogP contribution in [-0.4, -0.2) is 16.1 Å². The van der Waals surface area contributed by atoms with Crippen molar-refractivity contribution < 1.29 is 4.79 Å². The molecule has 0 aromatic carbocycles. The Morgan fingerprint density at radius 1 is 1.75 bits per heavy atom. The maximum absolute atomic E-state index is 10.5. The fourth-order valence-electron chi connectivity index (χ4n) is 1.15. The van der Waals surface area contributed by atoms with E-state index in [1.165, 1.54) is 12.8 Å². The molecule has 1 saturated carbocycles. The molecule has 64 valence electrons. The Morgan fingerprint density at radius 3 is 3.00 bits per heavy atom. The maximum atomic E-state index is 10.5. The van der Waals surface area contributed by atoms with Gasteiger partial charge in [-0.3, -0.25) is 9.48 Å². The number of hydrogen-bond donors (Lipinski definition) is 0. The summed E-state index contributed by atoms with van der Waals surface area (Å²) in [4.78, 5) is 10.5. The zero-order valence-corrected chi connectivity index (χ0v) is 8.69. The highest BCUT2D eigenvalue weighted by Gasteiger charge is 2.22. The van der Waals surface area contributed by atoms with E-state index in [-0.39, 0.29) is 0 Å². The zero-order chi connectivity index (χ0) is 8.55. The Kier molecular flexibility index (Phi) is 2.16. The average molecular weight is 276 g/mol. The van der Waals surface area contributed by atoms with Crippen molar-refractivity contribution in [1.82, 2.24) is 9.78 Å². The maximum Gasteiger partial charge on any atom is 0.154 e. The lowest BCUT2D eigenvalue weighted by Gasteiger charge is -1.95. The number of aldehydes is 1. The first-order valence-corrected chi connectivity index (χ1v) is 5.05. The quantitative estimate of drug-likeness (QED) is 0.622. The molecule has 1 aliphatic rings. The van der Waals surface area contributed by atoms with Crippen LogP contribution in [0.15, 0.2) is 6.20 Å². The Hall–Kier alpha value is -0.390. The molecule has 1 heterocycles. The molecular weight excluding hydrogens is 267 g/mol. The lowest BCUT2D eigenvalue weighted by Crippen LogP contribution is -1.99. The van der Waals surface area contributed by atoms with Gasteiger partial charge in [-0.15, -0.1) is 0 Å². The number of aromatic nitrogens is 2. The van der Waals surface area contributed by atoms with Crippen LogP contribution in [0.1, 0.15) is 23.2 Å². The molecule has 0 N–H and O–H groups in total. The van der Waals surface area contributed by atoms with Crippen LogP contribution in [0.25, 0.3) is 0 Å². The minimum absolute atomic E-state index is 0.705. The largest absolute Gasteiger partial charge is 0.298 e. The summed E-state index contributed by atoms with van der Waals surface area (Å²) < 4.78 is 2.69. The Bertz CT molecular complexity index is 304. The van der Waals surface area contributed by atoms with Gasteiger partial charge in [0.1, 0.15) is 3.70 Å². The summed E-state index contributed by atoms with van der Waals surface area (Å²) in [5, 5.41) is 4.23. The standard InChI is InChI=1S/C8H9IN2O/c9-8-7(5-12)4-11(10-8)3-6-1-2-6/h4-6H,1-3H2. The molecule has 0 aliphatic heterocycles. The number of carbonyl (C=O) groups is 1. The van der Waals surface area contributed by atoms with Crippen LogP contribution in [-0.2, 0) is 6.54 Å². The third-order valence-electron chi connectivity index (χ3n) is 2.01. The number of hydrogen-bond acceptors (Lipinski definition) is 2. The molecule has 12 heavy (non-hydrogen) atoms. The van der Waals surface area contributed by atoms with Gasteiger partial charge in [-0.05, 0) is 41.4 Å². The lowest BCUT2D eigenvalue weighted by atomic mass is 10.4. The van der Waals surface area contributed by atoms with Gasteiger partial charge in [-0.2, -0.15) is 5.10 Å². The van der Waals surface area contributed by atoms with Crippen LogP contribution in [0.4, 0.5) is 0 Å². The van der Waals surface area contributed by atoms with E-state index in [4.69, 9.17) is 0 Å². The van der Waals surface area contributed by atoms with E-state index in [0.29, 0.717) is 5.56 Å². The van der Waals surface area contributed by atoms with Crippen molar-refractivity contribution in [3.63, 3.8) is 0 Å². The SMILES string of the molecule is O=Cc1cn(CC2CC2)nc1I. The van der Waals surface area contributed by atoms with Gasteiger partial charge in [0.2, 0.25) is 0 Å². The van der Waals surface area contributed by atoms with Crippen molar-refractivity contribution >= 4 is 28.9 Å². The van der Waals surface area contributed by atoms with Crippen molar-refractivity contribution in [1.29, 1.82) is 0 Å². The summed E-state index contributed by atoms with van der Waals surface area (Å²) in [5.74, 6) is 0.806. The molecule has 1 aliphatic carbocycles. The van der Waals surface area contributed by atoms with Crippen LogP contribution >= 0.6 is 22.6 Å². The van der Waals surface area contributed by atoms with E-state index in [9.17, 15) is 4.79 Å². The van der Waals surface area contributed by atoms with Gasteiger partial charge in [-0.1, -0.05) is 0 Å². The van der Waals surface area contributed by atoms with E-state index in [1.54, 1.807) is 0 Å². The summed E-state index contributed by atoms with van der Waals surface area (Å²) in [5.41, 5.74) is 0.705. The third-order valence-corrected chi connectivity index (χ3v) is 2.85. The second kappa shape index (κ2) is 3.16. The summed E-state index contributed by atoms with van der Waals surface area (Å²) in [6.07, 6.45) is 5.31. The molecule has 1 aromatic rings. The predicted molar refractivity (Wildman–Crippen MR) is 53.1 cm³/mol. The van der Waals surface area contributed by atoms with Crippen molar-refractivity contribution in [2.45, 2.75) is 19.4 Å². The predicted octanol–water partition coefficient (Wildman–Crippen LogP) is 1.71. The van der Waals surface area contributed by atoms with Gasteiger partial charge in [0.25, 0.3) is 0 Å².